The molecule has 0 radical (unpaired) electrons. The summed E-state index contributed by atoms with van der Waals surface area (Å²) in [6.45, 7) is 6.40. The van der Waals surface area contributed by atoms with Crippen molar-refractivity contribution in [1.82, 2.24) is 19.6 Å². The van der Waals surface area contributed by atoms with Crippen LogP contribution in [0.5, 0.6) is 0 Å². The van der Waals surface area contributed by atoms with E-state index in [1.807, 2.05) is 10.6 Å². The van der Waals surface area contributed by atoms with Gasteiger partial charge in [-0.25, -0.2) is 4.98 Å². The van der Waals surface area contributed by atoms with Crippen molar-refractivity contribution in [2.45, 2.75) is 32.7 Å². The number of nitrogens with zero attached hydrogens (tertiary/aromatic N) is 4. The van der Waals surface area contributed by atoms with E-state index >= 15 is 0 Å². The molecule has 2 aromatic heterocycles. The van der Waals surface area contributed by atoms with Gasteiger partial charge in [0.05, 0.1) is 0 Å². The zero-order valence-electron chi connectivity index (χ0n) is 9.23. The Labute approximate surface area is 88.6 Å². The molecule has 0 aliphatic rings. The second kappa shape index (κ2) is 3.49. The average Bonchev–Trinajstić information content (AvgIpc) is 2.66. The number of rotatable bonds is 3. The molecule has 0 fully saturated rings. The van der Waals surface area contributed by atoms with Crippen LogP contribution in [0.15, 0.2) is 18.7 Å². The van der Waals surface area contributed by atoms with Crippen molar-refractivity contribution >= 4 is 11.5 Å². The van der Waals surface area contributed by atoms with Crippen molar-refractivity contribution in [2.75, 3.05) is 5.32 Å². The summed E-state index contributed by atoms with van der Waals surface area (Å²) in [5.74, 6) is 0.779. The first-order chi connectivity index (χ1) is 7.12. The second-order valence-electron chi connectivity index (χ2n) is 4.20. The predicted molar refractivity (Wildman–Crippen MR) is 58.8 cm³/mol. The minimum atomic E-state index is 0.0147. The first-order valence-electron chi connectivity index (χ1n) is 5.05. The largest absolute Gasteiger partial charge is 0.362 e. The summed E-state index contributed by atoms with van der Waals surface area (Å²) in [5.41, 5.74) is 0.778. The highest BCUT2D eigenvalue weighted by molar-refractivity contribution is 5.62. The third-order valence-corrected chi connectivity index (χ3v) is 2.56. The van der Waals surface area contributed by atoms with E-state index in [-0.39, 0.29) is 5.54 Å². The summed E-state index contributed by atoms with van der Waals surface area (Å²) in [5, 5.41) is 11.2. The molecule has 0 unspecified atom stereocenters. The Morgan fingerprint density at radius 3 is 3.00 bits per heavy atom. The molecule has 2 heterocycles. The van der Waals surface area contributed by atoms with E-state index in [0.717, 1.165) is 17.9 Å². The molecule has 0 saturated carbocycles. The number of fused-ring (bicyclic) bond motifs is 1. The van der Waals surface area contributed by atoms with Gasteiger partial charge in [0.25, 0.3) is 0 Å². The van der Waals surface area contributed by atoms with Gasteiger partial charge in [-0.05, 0) is 20.3 Å². The quantitative estimate of drug-likeness (QED) is 0.829. The van der Waals surface area contributed by atoms with E-state index in [4.69, 9.17) is 0 Å². The molecule has 0 atom stereocenters. The Kier molecular flexibility index (Phi) is 2.30. The Morgan fingerprint density at radius 2 is 2.27 bits per heavy atom. The van der Waals surface area contributed by atoms with Crippen molar-refractivity contribution in [3.05, 3.63) is 18.7 Å². The Hall–Kier alpha value is -1.65. The van der Waals surface area contributed by atoms with E-state index in [0.29, 0.717) is 0 Å². The van der Waals surface area contributed by atoms with Crippen molar-refractivity contribution < 1.29 is 0 Å². The zero-order chi connectivity index (χ0) is 10.9. The molecule has 0 aliphatic heterocycles. The summed E-state index contributed by atoms with van der Waals surface area (Å²) >= 11 is 0. The molecule has 80 valence electrons. The van der Waals surface area contributed by atoms with Crippen LogP contribution in [0.4, 0.5) is 5.82 Å². The van der Waals surface area contributed by atoms with Gasteiger partial charge in [-0.15, -0.1) is 10.2 Å². The highest BCUT2D eigenvalue weighted by Crippen LogP contribution is 2.18. The number of hydrogen-bond acceptors (Lipinski definition) is 4. The van der Waals surface area contributed by atoms with Gasteiger partial charge in [-0.3, -0.25) is 4.40 Å². The van der Waals surface area contributed by atoms with Crippen LogP contribution >= 0.6 is 0 Å². The Balaban J connectivity index is 2.39. The van der Waals surface area contributed by atoms with Crippen molar-refractivity contribution in [3.63, 3.8) is 0 Å². The molecule has 2 rings (SSSR count). The SMILES string of the molecule is CCC(C)(C)Nc1nccn2cnnc12. The predicted octanol–water partition coefficient (Wildman–Crippen LogP) is 1.72. The molecular formula is C10H15N5. The maximum absolute atomic E-state index is 4.28. The number of hydrogen-bond donors (Lipinski definition) is 1. The molecule has 0 spiro atoms. The van der Waals surface area contributed by atoms with E-state index in [9.17, 15) is 0 Å². The topological polar surface area (TPSA) is 55.1 Å². The zero-order valence-corrected chi connectivity index (χ0v) is 9.23. The van der Waals surface area contributed by atoms with Crippen LogP contribution in [0, 0.1) is 0 Å². The van der Waals surface area contributed by atoms with Crippen molar-refractivity contribution in [2.24, 2.45) is 0 Å². The molecule has 5 heteroatoms. The lowest BCUT2D eigenvalue weighted by atomic mass is 10.0. The summed E-state index contributed by atoms with van der Waals surface area (Å²) in [7, 11) is 0. The molecule has 2 aromatic rings. The first-order valence-corrected chi connectivity index (χ1v) is 5.05. The number of nitrogens with one attached hydrogen (secondary N) is 1. The van der Waals surface area contributed by atoms with E-state index in [1.54, 1.807) is 12.5 Å². The summed E-state index contributed by atoms with van der Waals surface area (Å²) in [6.07, 6.45) is 6.26. The van der Waals surface area contributed by atoms with Gasteiger partial charge >= 0.3 is 0 Å². The standard InChI is InChI=1S/C10H15N5/c1-4-10(2,3)13-8-9-14-12-7-15(9)6-5-11-8/h5-7H,4H2,1-3H3,(H,11,13). The van der Waals surface area contributed by atoms with Gasteiger partial charge in [-0.2, -0.15) is 0 Å². The van der Waals surface area contributed by atoms with Crippen LogP contribution in [0.3, 0.4) is 0 Å². The monoisotopic (exact) mass is 205 g/mol. The van der Waals surface area contributed by atoms with E-state index in [1.165, 1.54) is 0 Å². The van der Waals surface area contributed by atoms with Crippen LogP contribution in [0.1, 0.15) is 27.2 Å². The van der Waals surface area contributed by atoms with Gasteiger partial charge < -0.3 is 5.32 Å². The first kappa shape index (κ1) is 9.89. The third kappa shape index (κ3) is 1.91. The average molecular weight is 205 g/mol. The van der Waals surface area contributed by atoms with Gasteiger partial charge in [0.1, 0.15) is 6.33 Å². The smallest absolute Gasteiger partial charge is 0.203 e. The Bertz CT molecular complexity index is 460. The van der Waals surface area contributed by atoms with E-state index < -0.39 is 0 Å². The highest BCUT2D eigenvalue weighted by atomic mass is 15.2. The lowest BCUT2D eigenvalue weighted by Crippen LogP contribution is -2.30. The maximum atomic E-state index is 4.28. The minimum Gasteiger partial charge on any atom is -0.362 e. The molecule has 15 heavy (non-hydrogen) atoms. The molecule has 0 amide bonds. The number of anilines is 1. The number of aromatic nitrogens is 4. The fourth-order valence-corrected chi connectivity index (χ4v) is 1.26. The summed E-state index contributed by atoms with van der Waals surface area (Å²) < 4.78 is 1.85. The molecule has 5 nitrogen and oxygen atoms in total. The lowest BCUT2D eigenvalue weighted by Gasteiger charge is -2.24. The van der Waals surface area contributed by atoms with E-state index in [2.05, 4.69) is 41.3 Å². The fourth-order valence-electron chi connectivity index (χ4n) is 1.26. The van der Waals surface area contributed by atoms with Crippen LogP contribution in [-0.4, -0.2) is 25.1 Å². The Morgan fingerprint density at radius 1 is 1.47 bits per heavy atom. The molecule has 0 aromatic carbocycles. The minimum absolute atomic E-state index is 0.0147. The fraction of sp³-hybridized carbons (Fsp3) is 0.500. The normalized spacial score (nSPS) is 11.9. The van der Waals surface area contributed by atoms with Crippen LogP contribution in [-0.2, 0) is 0 Å². The molecule has 0 saturated heterocycles. The van der Waals surface area contributed by atoms with Crippen LogP contribution in [0.25, 0.3) is 5.65 Å². The molecule has 0 bridgehead atoms. The van der Waals surface area contributed by atoms with Crippen LogP contribution < -0.4 is 5.32 Å². The van der Waals surface area contributed by atoms with Gasteiger partial charge in [0.15, 0.2) is 5.82 Å². The van der Waals surface area contributed by atoms with Gasteiger partial charge in [0, 0.05) is 17.9 Å². The van der Waals surface area contributed by atoms with Gasteiger partial charge in [-0.1, -0.05) is 6.92 Å². The van der Waals surface area contributed by atoms with Crippen molar-refractivity contribution in [1.29, 1.82) is 0 Å². The van der Waals surface area contributed by atoms with Gasteiger partial charge in [0.2, 0.25) is 5.65 Å². The highest BCUT2D eigenvalue weighted by Gasteiger charge is 2.17. The van der Waals surface area contributed by atoms with Crippen molar-refractivity contribution in [3.8, 4) is 0 Å². The lowest BCUT2D eigenvalue weighted by molar-refractivity contribution is 0.545. The maximum Gasteiger partial charge on any atom is 0.203 e. The molecule has 0 aliphatic carbocycles. The second-order valence-corrected chi connectivity index (χ2v) is 4.20. The summed E-state index contributed by atoms with van der Waals surface area (Å²) in [6, 6.07) is 0. The molecular weight excluding hydrogens is 190 g/mol. The molecule has 1 N–H and O–H groups in total. The summed E-state index contributed by atoms with van der Waals surface area (Å²) in [4.78, 5) is 4.28. The van der Waals surface area contributed by atoms with Crippen LogP contribution in [0.2, 0.25) is 0 Å². The third-order valence-electron chi connectivity index (χ3n) is 2.56.